The van der Waals surface area contributed by atoms with Gasteiger partial charge in [-0.2, -0.15) is 0 Å². The Balaban J connectivity index is 1.80. The number of imide groups is 1. The molecule has 0 spiro atoms. The normalized spacial score (nSPS) is 13.6. The maximum atomic E-state index is 12.3. The summed E-state index contributed by atoms with van der Waals surface area (Å²) in [5.41, 5.74) is 1.42. The summed E-state index contributed by atoms with van der Waals surface area (Å²) < 4.78 is 1.61. The summed E-state index contributed by atoms with van der Waals surface area (Å²) in [5, 5.41) is 0. The van der Waals surface area contributed by atoms with Gasteiger partial charge < -0.3 is 4.57 Å². The van der Waals surface area contributed by atoms with Crippen molar-refractivity contribution in [1.29, 1.82) is 0 Å². The van der Waals surface area contributed by atoms with E-state index in [-0.39, 0.29) is 23.9 Å². The molecule has 1 aliphatic rings. The maximum Gasteiger partial charge on any atom is 0.261 e. The van der Waals surface area contributed by atoms with E-state index in [0.717, 1.165) is 0 Å². The first-order valence-electron chi connectivity index (χ1n) is 7.27. The molecule has 2 heterocycles. The number of aromatic nitrogens is 1. The van der Waals surface area contributed by atoms with Crippen LogP contribution in [0.2, 0.25) is 0 Å². The number of pyridine rings is 1. The average molecular weight is 296 g/mol. The molecule has 0 atom stereocenters. The van der Waals surface area contributed by atoms with Crippen LogP contribution in [-0.4, -0.2) is 27.8 Å². The first-order chi connectivity index (χ1) is 10.6. The van der Waals surface area contributed by atoms with Gasteiger partial charge in [-0.1, -0.05) is 18.2 Å². The third-order valence-corrected chi connectivity index (χ3v) is 3.92. The lowest BCUT2D eigenvalue weighted by Gasteiger charge is -2.13. The van der Waals surface area contributed by atoms with Crippen molar-refractivity contribution in [2.45, 2.75) is 19.9 Å². The van der Waals surface area contributed by atoms with E-state index in [2.05, 4.69) is 0 Å². The van der Waals surface area contributed by atoms with Gasteiger partial charge in [0.05, 0.1) is 11.1 Å². The quantitative estimate of drug-likeness (QED) is 0.807. The summed E-state index contributed by atoms with van der Waals surface area (Å²) in [6, 6.07) is 10.3. The van der Waals surface area contributed by atoms with E-state index in [1.807, 2.05) is 13.0 Å². The summed E-state index contributed by atoms with van der Waals surface area (Å²) in [7, 11) is 0. The molecule has 0 fully saturated rings. The number of amides is 2. The fourth-order valence-corrected chi connectivity index (χ4v) is 2.70. The Morgan fingerprint density at radius 2 is 1.55 bits per heavy atom. The second-order valence-electron chi connectivity index (χ2n) is 5.18. The minimum absolute atomic E-state index is 0.0680. The average Bonchev–Trinajstić information content (AvgIpc) is 2.79. The molecule has 22 heavy (non-hydrogen) atoms. The van der Waals surface area contributed by atoms with Crippen molar-refractivity contribution in [3.8, 4) is 0 Å². The van der Waals surface area contributed by atoms with Gasteiger partial charge in [0.2, 0.25) is 0 Å². The second kappa shape index (κ2) is 5.60. The predicted molar refractivity (Wildman–Crippen MR) is 81.9 cm³/mol. The van der Waals surface area contributed by atoms with Crippen LogP contribution in [0.1, 0.15) is 33.2 Å². The summed E-state index contributed by atoms with van der Waals surface area (Å²) in [6.07, 6.45) is 2.10. The van der Waals surface area contributed by atoms with Crippen LogP contribution in [0.3, 0.4) is 0 Å². The predicted octanol–water partition coefficient (Wildman–Crippen LogP) is 1.71. The molecule has 2 amide bonds. The van der Waals surface area contributed by atoms with E-state index in [9.17, 15) is 14.4 Å². The van der Waals surface area contributed by atoms with Crippen molar-refractivity contribution >= 4 is 11.8 Å². The number of aryl methyl sites for hydroxylation is 1. The molecule has 0 saturated heterocycles. The van der Waals surface area contributed by atoms with Gasteiger partial charge in [-0.05, 0) is 31.5 Å². The van der Waals surface area contributed by atoms with Gasteiger partial charge >= 0.3 is 0 Å². The van der Waals surface area contributed by atoms with E-state index in [1.165, 1.54) is 4.90 Å². The zero-order chi connectivity index (χ0) is 15.7. The van der Waals surface area contributed by atoms with Crippen molar-refractivity contribution in [3.63, 3.8) is 0 Å². The number of hydrogen-bond donors (Lipinski definition) is 0. The number of rotatable bonds is 4. The van der Waals surface area contributed by atoms with E-state index >= 15 is 0 Å². The van der Waals surface area contributed by atoms with Crippen LogP contribution in [0, 0.1) is 0 Å². The number of benzene rings is 1. The molecule has 0 radical (unpaired) electrons. The van der Waals surface area contributed by atoms with E-state index in [0.29, 0.717) is 29.7 Å². The molecule has 0 bridgehead atoms. The molecule has 5 heteroatoms. The standard InChI is InChI=1S/C17H16N2O3/c1-2-18-10-5-6-12(15(18)20)9-11-19-16(21)13-7-3-4-8-14(13)17(19)22/h3-8,10H,2,9,11H2,1H3. The topological polar surface area (TPSA) is 59.4 Å². The van der Waals surface area contributed by atoms with E-state index in [4.69, 9.17) is 0 Å². The minimum atomic E-state index is -0.285. The van der Waals surface area contributed by atoms with Crippen LogP contribution >= 0.6 is 0 Å². The molecule has 0 N–H and O–H groups in total. The number of carbonyl (C=O) groups is 2. The monoisotopic (exact) mass is 296 g/mol. The Kier molecular flexibility index (Phi) is 3.63. The Morgan fingerprint density at radius 1 is 0.909 bits per heavy atom. The number of nitrogens with zero attached hydrogens (tertiary/aromatic N) is 2. The van der Waals surface area contributed by atoms with Crippen molar-refractivity contribution < 1.29 is 9.59 Å². The Labute approximate surface area is 127 Å². The molecular formula is C17H16N2O3. The number of fused-ring (bicyclic) bond motifs is 1. The molecule has 1 aliphatic heterocycles. The van der Waals surface area contributed by atoms with Crippen LogP contribution in [0.4, 0.5) is 0 Å². The molecule has 1 aromatic heterocycles. The van der Waals surface area contributed by atoms with Crippen LogP contribution in [0.25, 0.3) is 0 Å². The molecule has 3 rings (SSSR count). The molecule has 2 aromatic rings. The summed E-state index contributed by atoms with van der Waals surface area (Å²) in [5.74, 6) is -0.570. The lowest BCUT2D eigenvalue weighted by atomic mass is 10.1. The first kappa shape index (κ1) is 14.3. The molecule has 112 valence electrons. The molecule has 0 saturated carbocycles. The highest BCUT2D eigenvalue weighted by Gasteiger charge is 2.34. The maximum absolute atomic E-state index is 12.3. The van der Waals surface area contributed by atoms with Crippen LogP contribution in [0.15, 0.2) is 47.4 Å². The van der Waals surface area contributed by atoms with Gasteiger partial charge in [0.1, 0.15) is 0 Å². The molecule has 0 unspecified atom stereocenters. The highest BCUT2D eigenvalue weighted by Crippen LogP contribution is 2.22. The Bertz CT molecular complexity index is 773. The molecule has 0 aliphatic carbocycles. The summed E-state index contributed by atoms with van der Waals surface area (Å²) in [4.78, 5) is 37.9. The third-order valence-electron chi connectivity index (χ3n) is 3.92. The lowest BCUT2D eigenvalue weighted by Crippen LogP contribution is -2.33. The zero-order valence-corrected chi connectivity index (χ0v) is 12.3. The first-order valence-corrected chi connectivity index (χ1v) is 7.27. The SMILES string of the molecule is CCn1cccc(CCN2C(=O)c3ccccc3C2=O)c1=O. The van der Waals surface area contributed by atoms with Gasteiger partial charge in [0.25, 0.3) is 17.4 Å². The smallest absolute Gasteiger partial charge is 0.261 e. The Hall–Kier alpha value is -2.69. The summed E-state index contributed by atoms with van der Waals surface area (Å²) in [6.45, 7) is 2.71. The van der Waals surface area contributed by atoms with Crippen LogP contribution < -0.4 is 5.56 Å². The molecule has 5 nitrogen and oxygen atoms in total. The van der Waals surface area contributed by atoms with Crippen molar-refractivity contribution in [1.82, 2.24) is 9.47 Å². The largest absolute Gasteiger partial charge is 0.316 e. The fraction of sp³-hybridized carbons (Fsp3) is 0.235. The van der Waals surface area contributed by atoms with Gasteiger partial charge in [-0.15, -0.1) is 0 Å². The minimum Gasteiger partial charge on any atom is -0.316 e. The summed E-state index contributed by atoms with van der Waals surface area (Å²) >= 11 is 0. The highest BCUT2D eigenvalue weighted by atomic mass is 16.2. The van der Waals surface area contributed by atoms with Crippen LogP contribution in [-0.2, 0) is 13.0 Å². The van der Waals surface area contributed by atoms with Gasteiger partial charge in [-0.3, -0.25) is 19.3 Å². The Morgan fingerprint density at radius 3 is 2.14 bits per heavy atom. The molecule has 1 aromatic carbocycles. The second-order valence-corrected chi connectivity index (χ2v) is 5.18. The molecular weight excluding hydrogens is 280 g/mol. The van der Waals surface area contributed by atoms with E-state index in [1.54, 1.807) is 41.1 Å². The van der Waals surface area contributed by atoms with Gasteiger partial charge in [0.15, 0.2) is 0 Å². The van der Waals surface area contributed by atoms with Gasteiger partial charge in [0, 0.05) is 24.8 Å². The third kappa shape index (κ3) is 2.24. The van der Waals surface area contributed by atoms with Crippen molar-refractivity contribution in [2.75, 3.05) is 6.54 Å². The number of carbonyl (C=O) groups excluding carboxylic acids is 2. The van der Waals surface area contributed by atoms with Gasteiger partial charge in [-0.25, -0.2) is 0 Å². The van der Waals surface area contributed by atoms with Crippen LogP contribution in [0.5, 0.6) is 0 Å². The number of hydrogen-bond acceptors (Lipinski definition) is 3. The zero-order valence-electron chi connectivity index (χ0n) is 12.3. The van der Waals surface area contributed by atoms with E-state index < -0.39 is 0 Å². The van der Waals surface area contributed by atoms with Crippen molar-refractivity contribution in [3.05, 3.63) is 69.6 Å². The van der Waals surface area contributed by atoms with Crippen molar-refractivity contribution in [2.24, 2.45) is 0 Å². The fourth-order valence-electron chi connectivity index (χ4n) is 2.70. The lowest BCUT2D eigenvalue weighted by molar-refractivity contribution is 0.0656. The highest BCUT2D eigenvalue weighted by molar-refractivity contribution is 6.21.